The molecule has 23 heavy (non-hydrogen) atoms. The number of aromatic nitrogens is 1. The van der Waals surface area contributed by atoms with Crippen molar-refractivity contribution in [2.24, 2.45) is 0 Å². The fourth-order valence-corrected chi connectivity index (χ4v) is 2.89. The Bertz CT molecular complexity index is 833. The Morgan fingerprint density at radius 3 is 2.87 bits per heavy atom. The molecule has 0 aliphatic heterocycles. The number of hydrogen-bond donors (Lipinski definition) is 1. The summed E-state index contributed by atoms with van der Waals surface area (Å²) >= 11 is 1.67. The second kappa shape index (κ2) is 7.11. The van der Waals surface area contributed by atoms with Gasteiger partial charge in [-0.15, -0.1) is 11.3 Å². The molecule has 118 valence electrons. The summed E-state index contributed by atoms with van der Waals surface area (Å²) < 4.78 is 7.05. The van der Waals surface area contributed by atoms with Crippen LogP contribution in [-0.4, -0.2) is 17.0 Å². The van der Waals surface area contributed by atoms with Gasteiger partial charge in [0.25, 0.3) is 11.5 Å². The fraction of sp³-hybridized carbons (Fsp3) is 0.176. The van der Waals surface area contributed by atoms with Crippen molar-refractivity contribution in [3.8, 4) is 0 Å². The average Bonchev–Trinajstić information content (AvgIpc) is 3.21. The maximum atomic E-state index is 12.0. The summed E-state index contributed by atoms with van der Waals surface area (Å²) in [5.74, 6) is 0.588. The van der Waals surface area contributed by atoms with E-state index >= 15 is 0 Å². The predicted octanol–water partition coefficient (Wildman–Crippen LogP) is 2.52. The fourth-order valence-electron chi connectivity index (χ4n) is 2.19. The third-order valence-electron chi connectivity index (χ3n) is 3.35. The second-order valence-electron chi connectivity index (χ2n) is 5.02. The van der Waals surface area contributed by atoms with Crippen LogP contribution in [0.4, 0.5) is 0 Å². The number of nitrogens with one attached hydrogen (secondary N) is 1. The maximum Gasteiger partial charge on any atom is 0.287 e. The highest BCUT2D eigenvalue weighted by Crippen LogP contribution is 2.10. The monoisotopic (exact) mass is 328 g/mol. The average molecular weight is 328 g/mol. The van der Waals surface area contributed by atoms with Gasteiger partial charge in [-0.25, -0.2) is 0 Å². The van der Waals surface area contributed by atoms with Crippen molar-refractivity contribution in [3.63, 3.8) is 0 Å². The van der Waals surface area contributed by atoms with Gasteiger partial charge >= 0.3 is 0 Å². The normalized spacial score (nSPS) is 10.6. The molecule has 0 spiro atoms. The van der Waals surface area contributed by atoms with Gasteiger partial charge in [-0.1, -0.05) is 12.1 Å². The summed E-state index contributed by atoms with van der Waals surface area (Å²) in [4.78, 5) is 24.9. The Kier molecular flexibility index (Phi) is 4.73. The van der Waals surface area contributed by atoms with Crippen LogP contribution in [0, 0.1) is 0 Å². The van der Waals surface area contributed by atoms with E-state index in [1.807, 2.05) is 17.5 Å². The number of nitrogens with zero attached hydrogens (tertiary/aromatic N) is 1. The van der Waals surface area contributed by atoms with E-state index in [0.717, 1.165) is 6.42 Å². The van der Waals surface area contributed by atoms with Crippen molar-refractivity contribution in [2.75, 3.05) is 6.54 Å². The Labute approximate surface area is 137 Å². The number of thiophene rings is 1. The minimum atomic E-state index is -0.242. The molecule has 3 rings (SSSR count). The van der Waals surface area contributed by atoms with E-state index in [1.54, 1.807) is 41.8 Å². The lowest BCUT2D eigenvalue weighted by atomic mass is 10.3. The maximum absolute atomic E-state index is 12.0. The molecular weight excluding hydrogens is 312 g/mol. The zero-order chi connectivity index (χ0) is 16.1. The van der Waals surface area contributed by atoms with Crippen LogP contribution in [0.1, 0.15) is 21.2 Å². The minimum absolute atomic E-state index is 0.106. The summed E-state index contributed by atoms with van der Waals surface area (Å²) in [5, 5.41) is 4.85. The van der Waals surface area contributed by atoms with Gasteiger partial charge in [0, 0.05) is 23.7 Å². The lowest BCUT2D eigenvalue weighted by Crippen LogP contribution is -2.25. The van der Waals surface area contributed by atoms with E-state index in [2.05, 4.69) is 5.32 Å². The summed E-state index contributed by atoms with van der Waals surface area (Å²) in [6.07, 6.45) is 2.49. The lowest BCUT2D eigenvalue weighted by Gasteiger charge is -2.03. The van der Waals surface area contributed by atoms with Gasteiger partial charge in [0.05, 0.1) is 6.54 Å². The van der Waals surface area contributed by atoms with Crippen LogP contribution in [-0.2, 0) is 13.0 Å². The van der Waals surface area contributed by atoms with E-state index < -0.39 is 0 Å². The molecule has 3 heterocycles. The van der Waals surface area contributed by atoms with Crippen molar-refractivity contribution < 1.29 is 9.21 Å². The zero-order valence-corrected chi connectivity index (χ0v) is 13.2. The molecule has 3 aromatic rings. The molecular formula is C17H16N2O3S. The van der Waals surface area contributed by atoms with E-state index in [-0.39, 0.29) is 17.2 Å². The van der Waals surface area contributed by atoms with Crippen LogP contribution in [0.25, 0.3) is 0 Å². The summed E-state index contributed by atoms with van der Waals surface area (Å²) in [6, 6.07) is 12.3. The number of rotatable bonds is 6. The largest absolute Gasteiger partial charge is 0.454 e. The van der Waals surface area contributed by atoms with Gasteiger partial charge in [-0.3, -0.25) is 9.59 Å². The molecule has 0 aromatic carbocycles. The van der Waals surface area contributed by atoms with Crippen molar-refractivity contribution in [3.05, 3.63) is 80.8 Å². The van der Waals surface area contributed by atoms with Gasteiger partial charge in [-0.05, 0) is 36.1 Å². The Hall–Kier alpha value is -2.60. The van der Waals surface area contributed by atoms with E-state index in [9.17, 15) is 9.59 Å². The van der Waals surface area contributed by atoms with E-state index in [4.69, 9.17) is 4.42 Å². The molecule has 6 heteroatoms. The molecule has 0 unspecified atom stereocenters. The summed E-state index contributed by atoms with van der Waals surface area (Å²) in [7, 11) is 0. The molecule has 0 aliphatic rings. The Balaban J connectivity index is 1.57. The van der Waals surface area contributed by atoms with Crippen molar-refractivity contribution in [2.45, 2.75) is 13.0 Å². The first-order valence-electron chi connectivity index (χ1n) is 7.27. The van der Waals surface area contributed by atoms with Crippen molar-refractivity contribution in [1.29, 1.82) is 0 Å². The molecule has 1 amide bonds. The van der Waals surface area contributed by atoms with Crippen LogP contribution in [0.2, 0.25) is 0 Å². The standard InChI is InChI=1S/C17H16N2O3S/c20-16-5-1-2-10-19(16)12-13-6-7-15(22-13)17(21)18-9-8-14-4-3-11-23-14/h1-7,10-11H,8-9,12H2,(H,18,21). The number of carbonyl (C=O) groups is 1. The molecule has 0 saturated carbocycles. The molecule has 0 saturated heterocycles. The Morgan fingerprint density at radius 2 is 2.09 bits per heavy atom. The second-order valence-corrected chi connectivity index (χ2v) is 6.05. The molecule has 0 radical (unpaired) electrons. The number of amides is 1. The van der Waals surface area contributed by atoms with Crippen molar-refractivity contribution in [1.82, 2.24) is 9.88 Å². The van der Waals surface area contributed by atoms with Crippen LogP contribution < -0.4 is 10.9 Å². The summed E-state index contributed by atoms with van der Waals surface area (Å²) in [6.45, 7) is 0.871. The zero-order valence-electron chi connectivity index (χ0n) is 12.4. The molecule has 0 bridgehead atoms. The van der Waals surface area contributed by atoms with Gasteiger partial charge in [-0.2, -0.15) is 0 Å². The SMILES string of the molecule is O=C(NCCc1cccs1)c1ccc(Cn2ccccc2=O)o1. The molecule has 0 atom stereocenters. The molecule has 3 aromatic heterocycles. The molecule has 0 aliphatic carbocycles. The number of pyridine rings is 1. The smallest absolute Gasteiger partial charge is 0.287 e. The Morgan fingerprint density at radius 1 is 1.17 bits per heavy atom. The topological polar surface area (TPSA) is 64.2 Å². The third kappa shape index (κ3) is 3.98. The first-order valence-corrected chi connectivity index (χ1v) is 8.15. The highest BCUT2D eigenvalue weighted by molar-refractivity contribution is 7.09. The van der Waals surface area contributed by atoms with Gasteiger partial charge in [0.2, 0.25) is 0 Å². The predicted molar refractivity (Wildman–Crippen MR) is 88.9 cm³/mol. The van der Waals surface area contributed by atoms with E-state index in [0.29, 0.717) is 18.8 Å². The van der Waals surface area contributed by atoms with Crippen LogP contribution in [0.15, 0.2) is 63.3 Å². The number of furan rings is 1. The summed E-state index contributed by atoms with van der Waals surface area (Å²) in [5.41, 5.74) is -0.106. The highest BCUT2D eigenvalue weighted by atomic mass is 32.1. The van der Waals surface area contributed by atoms with Gasteiger partial charge in [0.1, 0.15) is 5.76 Å². The third-order valence-corrected chi connectivity index (χ3v) is 4.28. The minimum Gasteiger partial charge on any atom is -0.454 e. The quantitative estimate of drug-likeness (QED) is 0.756. The molecule has 0 fully saturated rings. The number of hydrogen-bond acceptors (Lipinski definition) is 4. The molecule has 5 nitrogen and oxygen atoms in total. The van der Waals surface area contributed by atoms with Crippen LogP contribution >= 0.6 is 11.3 Å². The highest BCUT2D eigenvalue weighted by Gasteiger charge is 2.11. The lowest BCUT2D eigenvalue weighted by molar-refractivity contribution is 0.0924. The van der Waals surface area contributed by atoms with E-state index in [1.165, 1.54) is 15.5 Å². The number of carbonyl (C=O) groups excluding carboxylic acids is 1. The van der Waals surface area contributed by atoms with Crippen molar-refractivity contribution >= 4 is 17.2 Å². The van der Waals surface area contributed by atoms with Crippen LogP contribution in [0.3, 0.4) is 0 Å². The van der Waals surface area contributed by atoms with Gasteiger partial charge in [0.15, 0.2) is 5.76 Å². The van der Waals surface area contributed by atoms with Crippen LogP contribution in [0.5, 0.6) is 0 Å². The first-order chi connectivity index (χ1) is 11.2. The first kappa shape index (κ1) is 15.3. The van der Waals surface area contributed by atoms with Gasteiger partial charge < -0.3 is 14.3 Å². The molecule has 1 N–H and O–H groups in total.